The van der Waals surface area contributed by atoms with Gasteiger partial charge in [-0.3, -0.25) is 0 Å². The maximum absolute atomic E-state index is 11.8. The number of nitrogens with one attached hydrogen (secondary N) is 1. The minimum absolute atomic E-state index is 0.174. The summed E-state index contributed by atoms with van der Waals surface area (Å²) in [4.78, 5) is 4.86. The minimum atomic E-state index is -0.942. The monoisotopic (exact) mass is 246 g/mol. The van der Waals surface area contributed by atoms with Crippen LogP contribution in [0.25, 0.3) is 0 Å². The molecule has 16 heavy (non-hydrogen) atoms. The van der Waals surface area contributed by atoms with E-state index in [0.717, 1.165) is 31.2 Å². The summed E-state index contributed by atoms with van der Waals surface area (Å²) < 4.78 is 14.8. The first kappa shape index (κ1) is 12.6. The summed E-state index contributed by atoms with van der Waals surface area (Å²) in [5.41, 5.74) is 0. The third-order valence-corrected chi connectivity index (χ3v) is 5.32. The number of rotatable bonds is 4. The van der Waals surface area contributed by atoms with Gasteiger partial charge in [0.05, 0.1) is 6.10 Å². The van der Waals surface area contributed by atoms with Crippen LogP contribution in [0, 0.1) is 17.8 Å². The molecule has 0 bridgehead atoms. The SMILES string of the molecule is CC(C)(C)[S+]([O-])NC[C@@H]1[C@H]2C[C@@H](ON)C[C@@H]12. The molecule has 2 aliphatic carbocycles. The lowest BCUT2D eigenvalue weighted by Crippen LogP contribution is -2.40. The fourth-order valence-electron chi connectivity index (χ4n) is 2.73. The maximum atomic E-state index is 11.8. The largest absolute Gasteiger partial charge is 0.598 e. The Bertz CT molecular complexity index is 245. The third-order valence-electron chi connectivity index (χ3n) is 3.78. The highest BCUT2D eigenvalue weighted by molar-refractivity contribution is 7.90. The molecule has 94 valence electrons. The molecule has 0 amide bonds. The average Bonchev–Trinajstić information content (AvgIpc) is 2.67. The van der Waals surface area contributed by atoms with E-state index >= 15 is 0 Å². The van der Waals surface area contributed by atoms with Crippen LogP contribution in [0.4, 0.5) is 0 Å². The van der Waals surface area contributed by atoms with Crippen LogP contribution in [0.15, 0.2) is 0 Å². The van der Waals surface area contributed by atoms with Crippen LogP contribution in [0.3, 0.4) is 0 Å². The molecule has 5 heteroatoms. The Hall–Kier alpha value is 0.190. The Morgan fingerprint density at radius 2 is 1.94 bits per heavy atom. The van der Waals surface area contributed by atoms with Gasteiger partial charge in [0.1, 0.15) is 4.75 Å². The van der Waals surface area contributed by atoms with Crippen LogP contribution in [-0.2, 0) is 16.2 Å². The second-order valence-corrected chi connectivity index (χ2v) is 8.00. The highest BCUT2D eigenvalue weighted by Crippen LogP contribution is 2.57. The van der Waals surface area contributed by atoms with Gasteiger partial charge in [0.15, 0.2) is 0 Å². The van der Waals surface area contributed by atoms with E-state index in [1.54, 1.807) is 0 Å². The lowest BCUT2D eigenvalue weighted by Gasteiger charge is -2.24. The second-order valence-electron chi connectivity index (χ2n) is 5.95. The van der Waals surface area contributed by atoms with Crippen LogP contribution in [0.2, 0.25) is 0 Å². The molecule has 3 N–H and O–H groups in total. The van der Waals surface area contributed by atoms with Crippen LogP contribution >= 0.6 is 0 Å². The summed E-state index contributed by atoms with van der Waals surface area (Å²) in [5, 5.41) is 0. The van der Waals surface area contributed by atoms with E-state index in [4.69, 9.17) is 10.7 Å². The fraction of sp³-hybridized carbons (Fsp3) is 1.00. The molecule has 2 saturated carbocycles. The summed E-state index contributed by atoms with van der Waals surface area (Å²) >= 11 is -0.942. The molecule has 0 spiro atoms. The van der Waals surface area contributed by atoms with E-state index in [1.807, 2.05) is 20.8 Å². The third kappa shape index (κ3) is 2.54. The molecule has 0 heterocycles. The van der Waals surface area contributed by atoms with Gasteiger partial charge in [-0.2, -0.15) is 0 Å². The summed E-state index contributed by atoms with van der Waals surface area (Å²) in [6.45, 7) is 6.84. The number of fused-ring (bicyclic) bond motifs is 1. The summed E-state index contributed by atoms with van der Waals surface area (Å²) in [5.74, 6) is 7.37. The maximum Gasteiger partial charge on any atom is 0.136 e. The van der Waals surface area contributed by atoms with Gasteiger partial charge in [0.25, 0.3) is 0 Å². The molecule has 0 aliphatic heterocycles. The predicted molar refractivity (Wildman–Crippen MR) is 64.7 cm³/mol. The first-order chi connectivity index (χ1) is 7.43. The van der Waals surface area contributed by atoms with Gasteiger partial charge < -0.3 is 9.39 Å². The molecule has 1 unspecified atom stereocenters. The van der Waals surface area contributed by atoms with E-state index in [9.17, 15) is 4.55 Å². The summed E-state index contributed by atoms with van der Waals surface area (Å²) in [7, 11) is 0. The first-order valence-corrected chi connectivity index (χ1v) is 7.09. The molecule has 2 rings (SSSR count). The van der Waals surface area contributed by atoms with Crippen molar-refractivity contribution in [2.24, 2.45) is 23.7 Å². The topological polar surface area (TPSA) is 70.3 Å². The van der Waals surface area contributed by atoms with Crippen molar-refractivity contribution >= 4 is 11.4 Å². The quantitative estimate of drug-likeness (QED) is 0.572. The zero-order chi connectivity index (χ0) is 11.9. The van der Waals surface area contributed by atoms with E-state index in [0.29, 0.717) is 5.92 Å². The number of hydrogen-bond acceptors (Lipinski definition) is 4. The van der Waals surface area contributed by atoms with Gasteiger partial charge >= 0.3 is 0 Å². The highest BCUT2D eigenvalue weighted by Gasteiger charge is 2.56. The van der Waals surface area contributed by atoms with Crippen molar-refractivity contribution in [3.63, 3.8) is 0 Å². The molecule has 5 atom stereocenters. The molecule has 0 aromatic rings. The van der Waals surface area contributed by atoms with E-state index in [-0.39, 0.29) is 10.9 Å². The van der Waals surface area contributed by atoms with Gasteiger partial charge in [-0.05, 0) is 51.4 Å². The Morgan fingerprint density at radius 3 is 2.38 bits per heavy atom. The average molecular weight is 246 g/mol. The Kier molecular flexibility index (Phi) is 3.52. The van der Waals surface area contributed by atoms with Crippen LogP contribution in [-0.4, -0.2) is 21.9 Å². The zero-order valence-electron chi connectivity index (χ0n) is 10.2. The van der Waals surface area contributed by atoms with Crippen LogP contribution in [0.5, 0.6) is 0 Å². The molecule has 2 fully saturated rings. The molecule has 4 nitrogen and oxygen atoms in total. The molecule has 0 radical (unpaired) electrons. The predicted octanol–water partition coefficient (Wildman–Crippen LogP) is 0.953. The normalized spacial score (nSPS) is 39.6. The number of nitrogens with two attached hydrogens (primary N) is 1. The van der Waals surface area contributed by atoms with Crippen molar-refractivity contribution in [1.82, 2.24) is 4.72 Å². The van der Waals surface area contributed by atoms with Crippen molar-refractivity contribution < 1.29 is 9.39 Å². The van der Waals surface area contributed by atoms with Crippen molar-refractivity contribution in [3.8, 4) is 0 Å². The Balaban J connectivity index is 1.68. The van der Waals surface area contributed by atoms with Gasteiger partial charge in [-0.25, -0.2) is 5.90 Å². The van der Waals surface area contributed by atoms with Gasteiger partial charge in [0.2, 0.25) is 0 Å². The highest BCUT2D eigenvalue weighted by atomic mass is 32.2. The van der Waals surface area contributed by atoms with Gasteiger partial charge in [0, 0.05) is 17.9 Å². The molecular formula is C11H22N2O2S. The van der Waals surface area contributed by atoms with Crippen LogP contribution < -0.4 is 10.6 Å². The van der Waals surface area contributed by atoms with Crippen molar-refractivity contribution in [2.75, 3.05) is 6.54 Å². The molecular weight excluding hydrogens is 224 g/mol. The van der Waals surface area contributed by atoms with Crippen molar-refractivity contribution in [3.05, 3.63) is 0 Å². The van der Waals surface area contributed by atoms with Crippen molar-refractivity contribution in [2.45, 2.75) is 44.5 Å². The second kappa shape index (κ2) is 4.46. The van der Waals surface area contributed by atoms with Crippen LogP contribution in [0.1, 0.15) is 33.6 Å². The van der Waals surface area contributed by atoms with Crippen molar-refractivity contribution in [1.29, 1.82) is 0 Å². The lowest BCUT2D eigenvalue weighted by atomic mass is 10.1. The Morgan fingerprint density at radius 1 is 1.38 bits per heavy atom. The molecule has 0 saturated heterocycles. The number of hydrogen-bond donors (Lipinski definition) is 2. The zero-order valence-corrected chi connectivity index (χ0v) is 11.0. The Labute approximate surface area is 101 Å². The first-order valence-electron chi connectivity index (χ1n) is 5.94. The minimum Gasteiger partial charge on any atom is -0.598 e. The standard InChI is InChI=1S/C11H22N2O2S/c1-11(2,3)16(14)13-6-10-8-4-7(15-12)5-9(8)10/h7-10,13H,4-6,12H2,1-3H3/t7-,8+,9-,10-,16?. The lowest BCUT2D eigenvalue weighted by molar-refractivity contribution is 0.0466. The van der Waals surface area contributed by atoms with E-state index in [1.165, 1.54) is 0 Å². The summed E-state index contributed by atoms with van der Waals surface area (Å²) in [6, 6.07) is 0. The van der Waals surface area contributed by atoms with Gasteiger partial charge in [-0.1, -0.05) is 0 Å². The van der Waals surface area contributed by atoms with E-state index < -0.39 is 11.4 Å². The molecule has 0 aromatic heterocycles. The smallest absolute Gasteiger partial charge is 0.136 e. The summed E-state index contributed by atoms with van der Waals surface area (Å²) in [6.07, 6.45) is 2.42. The fourth-order valence-corrected chi connectivity index (χ4v) is 3.51. The van der Waals surface area contributed by atoms with Gasteiger partial charge in [-0.15, -0.1) is 4.72 Å². The van der Waals surface area contributed by atoms with E-state index in [2.05, 4.69) is 4.72 Å². The molecule has 2 aliphatic rings. The molecule has 0 aromatic carbocycles.